The number of hydrogen-bond acceptors (Lipinski definition) is 3. The van der Waals surface area contributed by atoms with Crippen molar-refractivity contribution in [1.29, 1.82) is 0 Å². The molecule has 3 nitrogen and oxygen atoms in total. The largest absolute Gasteiger partial charge is 0.463 e. The number of carbonyl (C=O) groups is 1. The summed E-state index contributed by atoms with van der Waals surface area (Å²) in [5.74, 6) is -0.187. The Kier molecular flexibility index (Phi) is 4.90. The van der Waals surface area contributed by atoms with Crippen molar-refractivity contribution in [1.82, 2.24) is 5.32 Å². The van der Waals surface area contributed by atoms with Crippen molar-refractivity contribution in [2.45, 2.75) is 6.92 Å². The molecule has 1 N–H and O–H groups in total. The maximum Gasteiger partial charge on any atom is 0.335 e. The first-order chi connectivity index (χ1) is 4.84. The molecule has 1 aliphatic heterocycles. The maximum absolute atomic E-state index is 10.9. The van der Waals surface area contributed by atoms with Gasteiger partial charge in [-0.25, -0.2) is 4.79 Å². The van der Waals surface area contributed by atoms with E-state index in [9.17, 15) is 4.79 Å². The Morgan fingerprint density at radius 1 is 1.82 bits per heavy atom. The first-order valence-electron chi connectivity index (χ1n) is 3.41. The summed E-state index contributed by atoms with van der Waals surface area (Å²) in [4.78, 5) is 10.9. The topological polar surface area (TPSA) is 38.3 Å². The highest BCUT2D eigenvalue weighted by atomic mass is 35.5. The van der Waals surface area contributed by atoms with Crippen molar-refractivity contribution in [2.75, 3.05) is 19.7 Å². The Bertz CT molecular complexity index is 168. The third-order valence-corrected chi connectivity index (χ3v) is 1.35. The van der Waals surface area contributed by atoms with Crippen LogP contribution in [0.25, 0.3) is 0 Å². The molecule has 1 rings (SSSR count). The summed E-state index contributed by atoms with van der Waals surface area (Å²) in [6.45, 7) is 3.70. The SMILES string of the molecule is CCOC(=O)C1=CCNC1.Cl. The first-order valence-corrected chi connectivity index (χ1v) is 3.41. The summed E-state index contributed by atoms with van der Waals surface area (Å²) in [7, 11) is 0. The van der Waals surface area contributed by atoms with Crippen LogP contribution in [0.4, 0.5) is 0 Å². The maximum atomic E-state index is 10.9. The molecule has 1 aliphatic rings. The fourth-order valence-electron chi connectivity index (χ4n) is 0.854. The molecular weight excluding hydrogens is 166 g/mol. The lowest BCUT2D eigenvalue weighted by atomic mass is 10.3. The van der Waals surface area contributed by atoms with Crippen molar-refractivity contribution in [3.8, 4) is 0 Å². The van der Waals surface area contributed by atoms with Gasteiger partial charge >= 0.3 is 5.97 Å². The number of esters is 1. The van der Waals surface area contributed by atoms with Gasteiger partial charge in [0, 0.05) is 18.7 Å². The fraction of sp³-hybridized carbons (Fsp3) is 0.571. The molecule has 0 aliphatic carbocycles. The molecule has 0 aromatic carbocycles. The monoisotopic (exact) mass is 177 g/mol. The zero-order valence-electron chi connectivity index (χ0n) is 6.42. The van der Waals surface area contributed by atoms with Gasteiger partial charge in [-0.3, -0.25) is 0 Å². The number of halogens is 1. The van der Waals surface area contributed by atoms with Crippen molar-refractivity contribution in [3.63, 3.8) is 0 Å². The molecule has 0 fully saturated rings. The van der Waals surface area contributed by atoms with Gasteiger partial charge in [0.05, 0.1) is 6.61 Å². The van der Waals surface area contributed by atoms with Gasteiger partial charge in [0.1, 0.15) is 0 Å². The average Bonchev–Trinajstić information content (AvgIpc) is 2.38. The van der Waals surface area contributed by atoms with E-state index in [4.69, 9.17) is 4.74 Å². The number of hydrogen-bond donors (Lipinski definition) is 1. The molecule has 64 valence electrons. The molecule has 0 radical (unpaired) electrons. The molecule has 0 bridgehead atoms. The Morgan fingerprint density at radius 3 is 3.00 bits per heavy atom. The van der Waals surface area contributed by atoms with Gasteiger partial charge in [-0.15, -0.1) is 12.4 Å². The quantitative estimate of drug-likeness (QED) is 0.625. The van der Waals surface area contributed by atoms with E-state index in [1.165, 1.54) is 0 Å². The zero-order chi connectivity index (χ0) is 7.40. The van der Waals surface area contributed by atoms with E-state index in [-0.39, 0.29) is 18.4 Å². The van der Waals surface area contributed by atoms with Gasteiger partial charge < -0.3 is 10.1 Å². The van der Waals surface area contributed by atoms with E-state index in [1.807, 2.05) is 6.08 Å². The van der Waals surface area contributed by atoms with Gasteiger partial charge in [0.25, 0.3) is 0 Å². The number of carbonyl (C=O) groups excluding carboxylic acids is 1. The number of ether oxygens (including phenoxy) is 1. The van der Waals surface area contributed by atoms with E-state index in [2.05, 4.69) is 5.32 Å². The standard InChI is InChI=1S/C7H11NO2.ClH/c1-2-10-7(9)6-3-4-8-5-6;/h3,8H,2,4-5H2,1H3;1H. The van der Waals surface area contributed by atoms with Crippen molar-refractivity contribution in [3.05, 3.63) is 11.6 Å². The van der Waals surface area contributed by atoms with Gasteiger partial charge in [0.15, 0.2) is 0 Å². The minimum Gasteiger partial charge on any atom is -0.463 e. The Labute approximate surface area is 72.2 Å². The second kappa shape index (κ2) is 5.16. The predicted molar refractivity (Wildman–Crippen MR) is 44.8 cm³/mol. The van der Waals surface area contributed by atoms with Gasteiger partial charge in [-0.1, -0.05) is 6.08 Å². The van der Waals surface area contributed by atoms with Crippen molar-refractivity contribution < 1.29 is 9.53 Å². The molecule has 1 heterocycles. The molecule has 0 spiro atoms. The second-order valence-corrected chi connectivity index (χ2v) is 2.08. The highest BCUT2D eigenvalue weighted by molar-refractivity contribution is 5.89. The van der Waals surface area contributed by atoms with E-state index < -0.39 is 0 Å². The van der Waals surface area contributed by atoms with Crippen LogP contribution in [0.5, 0.6) is 0 Å². The van der Waals surface area contributed by atoms with Crippen LogP contribution < -0.4 is 5.32 Å². The van der Waals surface area contributed by atoms with Crippen molar-refractivity contribution in [2.24, 2.45) is 0 Å². The molecule has 0 saturated heterocycles. The molecule has 0 atom stereocenters. The Balaban J connectivity index is 0.000001000. The van der Waals surface area contributed by atoms with Crippen LogP contribution in [0.3, 0.4) is 0 Å². The predicted octanol–water partition coefficient (Wildman–Crippen LogP) is 0.501. The molecular formula is C7H12ClNO2. The van der Waals surface area contributed by atoms with E-state index >= 15 is 0 Å². The lowest BCUT2D eigenvalue weighted by Crippen LogP contribution is -2.14. The van der Waals surface area contributed by atoms with Crippen LogP contribution in [-0.4, -0.2) is 25.7 Å². The summed E-state index contributed by atoms with van der Waals surface area (Å²) in [5, 5.41) is 3.02. The van der Waals surface area contributed by atoms with Gasteiger partial charge in [-0.2, -0.15) is 0 Å². The summed E-state index contributed by atoms with van der Waals surface area (Å²) < 4.78 is 4.78. The first kappa shape index (κ1) is 10.5. The summed E-state index contributed by atoms with van der Waals surface area (Å²) in [6, 6.07) is 0. The highest BCUT2D eigenvalue weighted by Gasteiger charge is 2.12. The number of rotatable bonds is 2. The van der Waals surface area contributed by atoms with Crippen LogP contribution in [-0.2, 0) is 9.53 Å². The molecule has 4 heteroatoms. The smallest absolute Gasteiger partial charge is 0.335 e. The molecule has 0 saturated carbocycles. The molecule has 11 heavy (non-hydrogen) atoms. The van der Waals surface area contributed by atoms with Crippen LogP contribution >= 0.6 is 12.4 Å². The minimum atomic E-state index is -0.187. The molecule has 0 aromatic heterocycles. The lowest BCUT2D eigenvalue weighted by molar-refractivity contribution is -0.138. The normalized spacial score (nSPS) is 15.2. The highest BCUT2D eigenvalue weighted by Crippen LogP contribution is 2.00. The molecule has 0 aromatic rings. The average molecular weight is 178 g/mol. The van der Waals surface area contributed by atoms with Crippen LogP contribution in [0.2, 0.25) is 0 Å². The summed E-state index contributed by atoms with van der Waals surface area (Å²) >= 11 is 0. The minimum absolute atomic E-state index is 0. The van der Waals surface area contributed by atoms with E-state index in [0.29, 0.717) is 13.2 Å². The Hall–Kier alpha value is -0.540. The molecule has 0 amide bonds. The van der Waals surface area contributed by atoms with Gasteiger partial charge in [-0.05, 0) is 6.92 Å². The third kappa shape index (κ3) is 2.91. The van der Waals surface area contributed by atoms with E-state index in [0.717, 1.165) is 12.1 Å². The van der Waals surface area contributed by atoms with Crippen LogP contribution in [0.1, 0.15) is 6.92 Å². The third-order valence-electron chi connectivity index (χ3n) is 1.35. The zero-order valence-corrected chi connectivity index (χ0v) is 7.24. The summed E-state index contributed by atoms with van der Waals surface area (Å²) in [5.41, 5.74) is 0.752. The van der Waals surface area contributed by atoms with Gasteiger partial charge in [0.2, 0.25) is 0 Å². The summed E-state index contributed by atoms with van der Waals surface area (Å²) in [6.07, 6.45) is 1.86. The van der Waals surface area contributed by atoms with Crippen molar-refractivity contribution >= 4 is 18.4 Å². The second-order valence-electron chi connectivity index (χ2n) is 2.08. The van der Waals surface area contributed by atoms with Crippen LogP contribution in [0.15, 0.2) is 11.6 Å². The Morgan fingerprint density at radius 2 is 2.55 bits per heavy atom. The lowest BCUT2D eigenvalue weighted by Gasteiger charge is -1.99. The molecule has 0 unspecified atom stereocenters. The van der Waals surface area contributed by atoms with E-state index in [1.54, 1.807) is 6.92 Å². The fourth-order valence-corrected chi connectivity index (χ4v) is 0.854. The number of nitrogens with one attached hydrogen (secondary N) is 1. The van der Waals surface area contributed by atoms with Crippen LogP contribution in [0, 0.1) is 0 Å².